The zero-order valence-electron chi connectivity index (χ0n) is 11.7. The Morgan fingerprint density at radius 2 is 2.00 bits per heavy atom. The van der Waals surface area contributed by atoms with E-state index < -0.39 is 0 Å². The van der Waals surface area contributed by atoms with Gasteiger partial charge in [0, 0.05) is 23.1 Å². The molecule has 1 unspecified atom stereocenters. The molecule has 110 valence electrons. The molecule has 0 aromatic heterocycles. The quantitative estimate of drug-likeness (QED) is 0.836. The van der Waals surface area contributed by atoms with E-state index in [1.165, 1.54) is 12.8 Å². The van der Waals surface area contributed by atoms with Crippen LogP contribution in [0.15, 0.2) is 28.7 Å². The summed E-state index contributed by atoms with van der Waals surface area (Å²) in [6, 6.07) is 9.20. The third kappa shape index (κ3) is 3.35. The number of halogens is 1. The molecule has 3 nitrogen and oxygen atoms in total. The lowest BCUT2D eigenvalue weighted by Gasteiger charge is -2.37. The van der Waals surface area contributed by atoms with Gasteiger partial charge < -0.3 is 9.84 Å². The van der Waals surface area contributed by atoms with Crippen molar-refractivity contribution in [3.05, 3.63) is 28.7 Å². The molecular formula is C16H22BrNO2. The normalized spacial score (nSPS) is 29.6. The van der Waals surface area contributed by atoms with Crippen molar-refractivity contribution in [2.24, 2.45) is 0 Å². The second kappa shape index (κ2) is 6.46. The van der Waals surface area contributed by atoms with E-state index in [9.17, 15) is 5.11 Å². The molecule has 0 spiro atoms. The number of piperidine rings is 1. The van der Waals surface area contributed by atoms with Crippen molar-refractivity contribution in [1.82, 2.24) is 4.90 Å². The van der Waals surface area contributed by atoms with Crippen LogP contribution in [0.1, 0.15) is 32.1 Å². The third-order valence-electron chi connectivity index (χ3n) is 4.48. The first-order valence-corrected chi connectivity index (χ1v) is 8.34. The number of aliphatic hydroxyl groups is 1. The molecule has 0 radical (unpaired) electrons. The van der Waals surface area contributed by atoms with Gasteiger partial charge in [-0.2, -0.15) is 0 Å². The summed E-state index contributed by atoms with van der Waals surface area (Å²) in [5.74, 6) is 0.927. The Kier molecular flexibility index (Phi) is 4.64. The van der Waals surface area contributed by atoms with Gasteiger partial charge in [-0.25, -0.2) is 0 Å². The van der Waals surface area contributed by atoms with Crippen LogP contribution in [-0.2, 0) is 0 Å². The number of rotatable bonds is 5. The minimum absolute atomic E-state index is 0.0679. The standard InChI is InChI=1S/C16H22BrNO2/c17-12-3-1-4-16(9-12)20-8-2-7-18-13-5-6-14(18)11-15(19)10-13/h1,3-4,9,13-15,19H,2,5-8,10-11H2/t13-,14+,15?. The van der Waals surface area contributed by atoms with Gasteiger partial charge in [0.05, 0.1) is 12.7 Å². The fraction of sp³-hybridized carbons (Fsp3) is 0.625. The predicted molar refractivity (Wildman–Crippen MR) is 83.0 cm³/mol. The van der Waals surface area contributed by atoms with Gasteiger partial charge >= 0.3 is 0 Å². The number of fused-ring (bicyclic) bond motifs is 2. The first-order chi connectivity index (χ1) is 9.72. The summed E-state index contributed by atoms with van der Waals surface area (Å²) in [6.45, 7) is 1.85. The summed E-state index contributed by atoms with van der Waals surface area (Å²) in [4.78, 5) is 2.59. The average molecular weight is 340 g/mol. The second-order valence-corrected chi connectivity index (χ2v) is 6.82. The molecule has 3 rings (SSSR count). The summed E-state index contributed by atoms with van der Waals surface area (Å²) in [7, 11) is 0. The van der Waals surface area contributed by atoms with E-state index in [1.807, 2.05) is 24.3 Å². The summed E-state index contributed by atoms with van der Waals surface area (Å²) in [6.07, 6.45) is 5.42. The Hall–Kier alpha value is -0.580. The molecule has 20 heavy (non-hydrogen) atoms. The molecular weight excluding hydrogens is 318 g/mol. The Bertz CT molecular complexity index is 440. The molecule has 1 aromatic carbocycles. The topological polar surface area (TPSA) is 32.7 Å². The Morgan fingerprint density at radius 3 is 2.70 bits per heavy atom. The van der Waals surface area contributed by atoms with Crippen LogP contribution < -0.4 is 4.74 Å². The van der Waals surface area contributed by atoms with Gasteiger partial charge in [-0.05, 0) is 50.3 Å². The van der Waals surface area contributed by atoms with E-state index in [-0.39, 0.29) is 6.10 Å². The molecule has 1 N–H and O–H groups in total. The van der Waals surface area contributed by atoms with Crippen LogP contribution >= 0.6 is 15.9 Å². The summed E-state index contributed by atoms with van der Waals surface area (Å²) < 4.78 is 6.84. The molecule has 0 amide bonds. The van der Waals surface area contributed by atoms with Gasteiger partial charge in [0.15, 0.2) is 0 Å². The number of benzene rings is 1. The zero-order chi connectivity index (χ0) is 13.9. The van der Waals surface area contributed by atoms with Gasteiger partial charge in [-0.3, -0.25) is 4.90 Å². The van der Waals surface area contributed by atoms with Gasteiger partial charge in [-0.15, -0.1) is 0 Å². The van der Waals surface area contributed by atoms with E-state index in [0.717, 1.165) is 42.6 Å². The lowest BCUT2D eigenvalue weighted by molar-refractivity contribution is 0.0331. The fourth-order valence-electron chi connectivity index (χ4n) is 3.60. The Labute approximate surface area is 129 Å². The highest BCUT2D eigenvalue weighted by Gasteiger charge is 2.39. The molecule has 0 aliphatic carbocycles. The first kappa shape index (κ1) is 14.4. The largest absolute Gasteiger partial charge is 0.494 e. The van der Waals surface area contributed by atoms with Crippen molar-refractivity contribution in [3.63, 3.8) is 0 Å². The predicted octanol–water partition coefficient (Wildman–Crippen LogP) is 3.21. The lowest BCUT2D eigenvalue weighted by atomic mass is 10.00. The number of ether oxygens (including phenoxy) is 1. The van der Waals surface area contributed by atoms with Crippen LogP contribution in [0.5, 0.6) is 5.75 Å². The second-order valence-electron chi connectivity index (χ2n) is 5.91. The Balaban J connectivity index is 1.42. The van der Waals surface area contributed by atoms with Gasteiger partial charge in [0.2, 0.25) is 0 Å². The van der Waals surface area contributed by atoms with Crippen LogP contribution in [0.2, 0.25) is 0 Å². The highest BCUT2D eigenvalue weighted by atomic mass is 79.9. The maximum atomic E-state index is 9.80. The average Bonchev–Trinajstić information content (AvgIpc) is 2.66. The molecule has 2 aliphatic heterocycles. The van der Waals surface area contributed by atoms with E-state index in [1.54, 1.807) is 0 Å². The summed E-state index contributed by atoms with van der Waals surface area (Å²) in [5.41, 5.74) is 0. The SMILES string of the molecule is OC1C[C@H]2CC[C@@H](C1)N2CCCOc1cccc(Br)c1. The third-order valence-corrected chi connectivity index (χ3v) is 4.98. The number of nitrogens with zero attached hydrogens (tertiary/aromatic N) is 1. The molecule has 2 fully saturated rings. The molecule has 2 bridgehead atoms. The van der Waals surface area contributed by atoms with Gasteiger partial charge in [0.1, 0.15) is 5.75 Å². The maximum Gasteiger partial charge on any atom is 0.120 e. The van der Waals surface area contributed by atoms with E-state index in [0.29, 0.717) is 12.1 Å². The van der Waals surface area contributed by atoms with Crippen molar-refractivity contribution >= 4 is 15.9 Å². The van der Waals surface area contributed by atoms with Crippen LogP contribution in [0.3, 0.4) is 0 Å². The zero-order valence-corrected chi connectivity index (χ0v) is 13.3. The first-order valence-electron chi connectivity index (χ1n) is 7.54. The molecule has 0 saturated carbocycles. The molecule has 3 atom stereocenters. The number of hydrogen-bond acceptors (Lipinski definition) is 3. The molecule has 4 heteroatoms. The molecule has 2 heterocycles. The molecule has 2 saturated heterocycles. The highest BCUT2D eigenvalue weighted by Crippen LogP contribution is 2.35. The molecule has 2 aliphatic rings. The minimum Gasteiger partial charge on any atom is -0.494 e. The molecule has 1 aromatic rings. The van der Waals surface area contributed by atoms with Crippen LogP contribution in [0, 0.1) is 0 Å². The van der Waals surface area contributed by atoms with E-state index >= 15 is 0 Å². The van der Waals surface area contributed by atoms with Crippen LogP contribution in [0.4, 0.5) is 0 Å². The van der Waals surface area contributed by atoms with Crippen molar-refractivity contribution in [1.29, 1.82) is 0 Å². The van der Waals surface area contributed by atoms with Gasteiger partial charge in [0.25, 0.3) is 0 Å². The maximum absolute atomic E-state index is 9.80. The lowest BCUT2D eigenvalue weighted by Crippen LogP contribution is -2.45. The van der Waals surface area contributed by atoms with Crippen molar-refractivity contribution < 1.29 is 9.84 Å². The van der Waals surface area contributed by atoms with Crippen molar-refractivity contribution in [2.75, 3.05) is 13.2 Å². The Morgan fingerprint density at radius 1 is 1.25 bits per heavy atom. The van der Waals surface area contributed by atoms with Gasteiger partial charge in [-0.1, -0.05) is 22.0 Å². The number of hydrogen-bond donors (Lipinski definition) is 1. The minimum atomic E-state index is -0.0679. The van der Waals surface area contributed by atoms with E-state index in [2.05, 4.69) is 20.8 Å². The monoisotopic (exact) mass is 339 g/mol. The van der Waals surface area contributed by atoms with Crippen molar-refractivity contribution in [3.8, 4) is 5.75 Å². The van der Waals surface area contributed by atoms with Crippen LogP contribution in [0.25, 0.3) is 0 Å². The van der Waals surface area contributed by atoms with Crippen LogP contribution in [-0.4, -0.2) is 41.3 Å². The summed E-state index contributed by atoms with van der Waals surface area (Å²) in [5, 5.41) is 9.80. The number of aliphatic hydroxyl groups excluding tert-OH is 1. The highest BCUT2D eigenvalue weighted by molar-refractivity contribution is 9.10. The van der Waals surface area contributed by atoms with Crippen molar-refractivity contribution in [2.45, 2.75) is 50.3 Å². The summed E-state index contributed by atoms with van der Waals surface area (Å²) >= 11 is 3.45. The smallest absolute Gasteiger partial charge is 0.120 e. The van der Waals surface area contributed by atoms with E-state index in [4.69, 9.17) is 4.74 Å². The fourth-order valence-corrected chi connectivity index (χ4v) is 3.98.